The molecule has 0 aliphatic rings. The highest BCUT2D eigenvalue weighted by molar-refractivity contribution is 6.01. The quantitative estimate of drug-likeness (QED) is 0.0166. The number of unbranched alkanes of at least 4 members (excludes halogenated alkanes) is 2. The number of nitrogens with one attached hydrogen (secondary N) is 15. The summed E-state index contributed by atoms with van der Waals surface area (Å²) in [6, 6.07) is -4.22. The van der Waals surface area contributed by atoms with Crippen LogP contribution in [0.2, 0.25) is 0 Å². The summed E-state index contributed by atoms with van der Waals surface area (Å²) in [6.45, 7) is 5.16. The molecule has 49 nitrogen and oxygen atoms in total. The van der Waals surface area contributed by atoms with E-state index in [2.05, 4.69) is 89.7 Å². The molecule has 0 fully saturated rings. The van der Waals surface area contributed by atoms with Crippen LogP contribution in [-0.4, -0.2) is 295 Å². The largest absolute Gasteiger partial charge is 0.480 e. The van der Waals surface area contributed by atoms with Gasteiger partial charge in [0, 0.05) is 33.0 Å². The Morgan fingerprint density at radius 2 is 0.791 bits per heavy atom. The molecule has 49 heteroatoms. The molecule has 0 aliphatic heterocycles. The van der Waals surface area contributed by atoms with Gasteiger partial charge in [0.05, 0.1) is 44.8 Å². The highest BCUT2D eigenvalue weighted by Crippen LogP contribution is 2.15. The zero-order valence-electron chi connectivity index (χ0n) is 73.6. The summed E-state index contributed by atoms with van der Waals surface area (Å²) in [6.07, 6.45) is -2.98. The summed E-state index contributed by atoms with van der Waals surface area (Å²) in [5.74, 6) is -20.0. The third kappa shape index (κ3) is 44.6. The first-order valence-electron chi connectivity index (χ1n) is 42.0. The van der Waals surface area contributed by atoms with Crippen molar-refractivity contribution in [3.05, 3.63) is 71.8 Å². The second kappa shape index (κ2) is 59.6. The van der Waals surface area contributed by atoms with Gasteiger partial charge in [0.2, 0.25) is 106 Å². The van der Waals surface area contributed by atoms with Gasteiger partial charge >= 0.3 is 5.97 Å². The van der Waals surface area contributed by atoms with Crippen molar-refractivity contribution in [2.75, 3.05) is 59.5 Å². The number of carboxylic acid groups (broad SMARTS) is 1. The molecular formula is C80H131N27O22. The van der Waals surface area contributed by atoms with Crippen molar-refractivity contribution in [3.8, 4) is 0 Å². The number of aliphatic hydroxyl groups is 2. The summed E-state index contributed by atoms with van der Waals surface area (Å²) < 4.78 is 0. The molecule has 0 radical (unpaired) electrons. The Labute approximate surface area is 746 Å². The predicted molar refractivity (Wildman–Crippen MR) is 468 cm³/mol. The highest BCUT2D eigenvalue weighted by atomic mass is 16.4. The molecule has 18 amide bonds. The molecule has 0 aliphatic carbocycles. The molecule has 15 atom stereocenters. The molecule has 0 bridgehead atoms. The lowest BCUT2D eigenvalue weighted by atomic mass is 10.0. The molecule has 2 rings (SSSR count). The number of amides is 18. The third-order valence-corrected chi connectivity index (χ3v) is 19.5. The lowest BCUT2D eigenvalue weighted by molar-refractivity contribution is -0.144. The zero-order chi connectivity index (χ0) is 97.2. The Hall–Kier alpha value is -13.3. The number of carbonyl (C=O) groups excluding carboxylic acids is 18. The van der Waals surface area contributed by atoms with Gasteiger partial charge in [-0.2, -0.15) is 0 Å². The Morgan fingerprint density at radius 3 is 1.24 bits per heavy atom. The van der Waals surface area contributed by atoms with E-state index in [1.807, 2.05) is 0 Å². The third-order valence-electron chi connectivity index (χ3n) is 19.5. The molecule has 0 saturated heterocycles. The number of aliphatic imine (C=N–C) groups is 2. The molecule has 0 heterocycles. The highest BCUT2D eigenvalue weighted by Gasteiger charge is 2.39. The van der Waals surface area contributed by atoms with Gasteiger partial charge in [0.15, 0.2) is 11.9 Å². The summed E-state index contributed by atoms with van der Waals surface area (Å²) >= 11 is 0. The van der Waals surface area contributed by atoms with Crippen LogP contribution in [0, 0.1) is 5.92 Å². The lowest BCUT2D eigenvalue weighted by Gasteiger charge is -2.31. The van der Waals surface area contributed by atoms with Crippen LogP contribution in [0.15, 0.2) is 70.6 Å². The van der Waals surface area contributed by atoms with E-state index in [1.54, 1.807) is 74.5 Å². The van der Waals surface area contributed by atoms with E-state index in [9.17, 15) is 106 Å². The van der Waals surface area contributed by atoms with Gasteiger partial charge in [-0.1, -0.05) is 74.5 Å². The molecular weight excluding hydrogens is 1690 g/mol. The molecule has 2 aromatic rings. The number of nitrogens with zero attached hydrogens (tertiary/aromatic N) is 3. The number of rotatable bonds is 62. The second-order valence-electron chi connectivity index (χ2n) is 31.0. The number of likely N-dealkylation sites (N-methyl/N-ethyl adjacent to an activating group) is 1. The SMILES string of the molecule is CC(C)C[C@H](NC(=O)[C@H](CCCCN)NC(=O)[C@H](CCCN=C(N)N)NC(=O)[C@H](C)NC(=O)[C@H](CO)NC(=O)[C@H](CCCCN)NC(=O)[C@H](CCCN=C(N)N)NC(=O)[C@H](C)NC(=O)CNC(=O)[C@@H](NC(=O)[C@H](Cc1ccccc1)NC(=O)CNC(=O)CNC(=O)[C@@H](N)Cc1ccccc1)[C@@H](C)O)C(=O)N(C)[C@@H](C)C(=O)N[C@@H](CC(N)=O)C(=O)N[C@@H](CCC(N)=O)C(=O)O. The molecule has 2 aromatic carbocycles. The first-order valence-corrected chi connectivity index (χ1v) is 42.0. The minimum Gasteiger partial charge on any atom is -0.480 e. The van der Waals surface area contributed by atoms with Crippen molar-refractivity contribution in [2.45, 2.75) is 235 Å². The Morgan fingerprint density at radius 1 is 0.395 bits per heavy atom. The van der Waals surface area contributed by atoms with Crippen LogP contribution in [0.1, 0.15) is 143 Å². The van der Waals surface area contributed by atoms with E-state index >= 15 is 0 Å². The van der Waals surface area contributed by atoms with Crippen LogP contribution in [0.25, 0.3) is 0 Å². The molecule has 0 unspecified atom stereocenters. The number of guanidine groups is 2. The van der Waals surface area contributed by atoms with Crippen molar-refractivity contribution >= 4 is 124 Å². The van der Waals surface area contributed by atoms with Gasteiger partial charge in [-0.15, -0.1) is 0 Å². The van der Waals surface area contributed by atoms with Crippen LogP contribution < -0.4 is 131 Å². The average Bonchev–Trinajstić information content (AvgIpc) is 0.830. The molecule has 0 aromatic heterocycles. The van der Waals surface area contributed by atoms with Crippen LogP contribution in [-0.2, 0) is 104 Å². The standard InChI is InChI=1S/C80H131N27O22/c1-42(2)34-57(77(127)107(7)45(5)67(117)103-56(37-60(85)111)73(123)102-54(78(128)129)28-29-59(84)110)104-71(121)50(24-14-16-30-81)100-70(120)53(27-19-33-91-80(88)89)99-66(116)44(4)96-75(125)58(41-108)105-72(122)51(25-15-17-31-82)101-69(119)52(26-18-32-90-79(86)87)98-65(115)43(3)95-62(113)40-94-76(126)64(46(6)109)106-74(124)55(36-48-22-12-9-13-23-48)97-63(114)39-92-61(112)38-93-68(118)49(83)35-47-20-10-8-11-21-47/h8-13,20-23,42-46,49-58,64,108-109H,14-19,24-41,81-83H2,1-7H3,(H2,84,110)(H2,85,111)(H,92,112)(H,93,118)(H,94,126)(H,95,113)(H,96,125)(H,97,114)(H,98,115)(H,99,116)(H,100,120)(H,101,119)(H,102,123)(H,103,117)(H,104,121)(H,105,122)(H,106,124)(H,128,129)(H4,86,87,90)(H4,88,89,91)/t43-,44-,45-,46+,49-,50-,51-,52-,53-,54-,55-,56-,57-,58-,64-/m0/s1. The van der Waals surface area contributed by atoms with Crippen molar-refractivity contribution in [3.63, 3.8) is 0 Å². The summed E-state index contributed by atoms with van der Waals surface area (Å²) in [4.78, 5) is 264. The van der Waals surface area contributed by atoms with E-state index in [0.717, 1.165) is 17.4 Å². The fourth-order valence-electron chi connectivity index (χ4n) is 12.2. The summed E-state index contributed by atoms with van der Waals surface area (Å²) in [7, 11) is 1.19. The predicted octanol–water partition coefficient (Wildman–Crippen LogP) is -11.1. The summed E-state index contributed by atoms with van der Waals surface area (Å²) in [5, 5.41) is 67.1. The van der Waals surface area contributed by atoms with Crippen molar-refractivity contribution < 1.29 is 106 Å². The van der Waals surface area contributed by atoms with Gasteiger partial charge in [-0.3, -0.25) is 96.3 Å². The normalized spacial score (nSPS) is 14.4. The van der Waals surface area contributed by atoms with E-state index < -0.39 is 248 Å². The first kappa shape index (κ1) is 112. The molecule has 0 saturated carbocycles. The van der Waals surface area contributed by atoms with Gasteiger partial charge in [-0.25, -0.2) is 4.79 Å². The molecule has 0 spiro atoms. The zero-order valence-corrected chi connectivity index (χ0v) is 73.6. The number of carbonyl (C=O) groups is 19. The first-order chi connectivity index (χ1) is 60.8. The number of carboxylic acids is 1. The molecule has 36 N–H and O–H groups in total. The van der Waals surface area contributed by atoms with Gasteiger partial charge in [0.1, 0.15) is 78.5 Å². The molecule has 129 heavy (non-hydrogen) atoms. The van der Waals surface area contributed by atoms with Gasteiger partial charge < -0.3 is 152 Å². The number of aliphatic hydroxyl groups excluding tert-OH is 2. The Bertz CT molecular complexity index is 4140. The van der Waals surface area contributed by atoms with Crippen LogP contribution >= 0.6 is 0 Å². The Kier molecular flexibility index (Phi) is 51.7. The lowest BCUT2D eigenvalue weighted by Crippen LogP contribution is -2.61. The smallest absolute Gasteiger partial charge is 0.326 e. The van der Waals surface area contributed by atoms with Gasteiger partial charge in [-0.05, 0) is 141 Å². The maximum absolute atomic E-state index is 14.5. The van der Waals surface area contributed by atoms with Crippen molar-refractivity contribution in [1.82, 2.24) is 84.7 Å². The van der Waals surface area contributed by atoms with E-state index in [4.69, 9.17) is 51.6 Å². The minimum atomic E-state index is -1.85. The number of nitrogens with two attached hydrogens (primary N) is 9. The van der Waals surface area contributed by atoms with E-state index in [1.165, 1.54) is 27.8 Å². The summed E-state index contributed by atoms with van der Waals surface area (Å²) in [5.41, 5.74) is 51.5. The average molecular weight is 1820 g/mol. The number of aliphatic carboxylic acids is 1. The maximum atomic E-state index is 14.5. The molecule has 718 valence electrons. The van der Waals surface area contributed by atoms with Crippen LogP contribution in [0.5, 0.6) is 0 Å². The van der Waals surface area contributed by atoms with E-state index in [-0.39, 0.29) is 115 Å². The number of primary amides is 2. The van der Waals surface area contributed by atoms with E-state index in [0.29, 0.717) is 18.4 Å². The van der Waals surface area contributed by atoms with Gasteiger partial charge in [0.25, 0.3) is 0 Å². The number of hydrogen-bond donors (Lipinski definition) is 27. The number of benzene rings is 2. The number of hydrogen-bond acceptors (Lipinski definition) is 26. The fourth-order valence-corrected chi connectivity index (χ4v) is 12.2. The van der Waals surface area contributed by atoms with Crippen molar-refractivity contribution in [1.29, 1.82) is 0 Å². The monoisotopic (exact) mass is 1820 g/mol. The van der Waals surface area contributed by atoms with Crippen LogP contribution in [0.4, 0.5) is 0 Å². The Balaban J connectivity index is 2.32. The van der Waals surface area contributed by atoms with Crippen LogP contribution in [0.3, 0.4) is 0 Å². The fraction of sp³-hybridized carbons (Fsp3) is 0.588. The second-order valence-corrected chi connectivity index (χ2v) is 31.0. The minimum absolute atomic E-state index is 0.0181. The maximum Gasteiger partial charge on any atom is 0.326 e. The van der Waals surface area contributed by atoms with Crippen molar-refractivity contribution in [2.24, 2.45) is 67.5 Å². The topological polar surface area (TPSA) is 828 Å².